The highest BCUT2D eigenvalue weighted by atomic mass is 16.6. The van der Waals surface area contributed by atoms with Crippen LogP contribution in [0.15, 0.2) is 0 Å². The molecular formula is C20H41NO2. The number of hydrogen-bond acceptors (Lipinski definition) is 3. The van der Waals surface area contributed by atoms with Gasteiger partial charge in [0.15, 0.2) is 6.29 Å². The first kappa shape index (κ1) is 20.9. The third-order valence-corrected chi connectivity index (χ3v) is 5.66. The molecule has 0 spiro atoms. The first-order valence-corrected chi connectivity index (χ1v) is 10.1. The van der Waals surface area contributed by atoms with E-state index in [-0.39, 0.29) is 6.10 Å². The van der Waals surface area contributed by atoms with Crippen molar-refractivity contribution in [2.45, 2.75) is 104 Å². The molecule has 0 radical (unpaired) electrons. The van der Waals surface area contributed by atoms with Crippen LogP contribution in [0.5, 0.6) is 0 Å². The summed E-state index contributed by atoms with van der Waals surface area (Å²) in [5.41, 5.74) is 5.52. The summed E-state index contributed by atoms with van der Waals surface area (Å²) in [4.78, 5) is 0. The predicted molar refractivity (Wildman–Crippen MR) is 98.2 cm³/mol. The Balaban J connectivity index is 2.46. The summed E-state index contributed by atoms with van der Waals surface area (Å²) in [6, 6.07) is 0. The van der Waals surface area contributed by atoms with Gasteiger partial charge in [-0.15, -0.1) is 0 Å². The molecule has 0 aromatic heterocycles. The molecule has 1 fully saturated rings. The molecule has 2 atom stereocenters. The van der Waals surface area contributed by atoms with E-state index in [9.17, 15) is 5.11 Å². The zero-order valence-corrected chi connectivity index (χ0v) is 15.8. The van der Waals surface area contributed by atoms with Gasteiger partial charge in [0.2, 0.25) is 0 Å². The lowest BCUT2D eigenvalue weighted by molar-refractivity contribution is -0.157. The van der Waals surface area contributed by atoms with Gasteiger partial charge < -0.3 is 15.6 Å². The zero-order chi connectivity index (χ0) is 17.1. The Morgan fingerprint density at radius 1 is 1.00 bits per heavy atom. The maximum atomic E-state index is 10.1. The highest BCUT2D eigenvalue weighted by Gasteiger charge is 2.24. The van der Waals surface area contributed by atoms with Crippen LogP contribution in [-0.2, 0) is 4.74 Å². The number of nitrogens with two attached hydrogens (primary N) is 1. The minimum Gasteiger partial charge on any atom is -0.368 e. The van der Waals surface area contributed by atoms with Crippen LogP contribution >= 0.6 is 0 Å². The van der Waals surface area contributed by atoms with Gasteiger partial charge in [-0.2, -0.15) is 0 Å². The van der Waals surface area contributed by atoms with E-state index in [0.717, 1.165) is 24.7 Å². The second-order valence-electron chi connectivity index (χ2n) is 7.80. The average molecular weight is 328 g/mol. The molecule has 3 N–H and O–H groups in total. The lowest BCUT2D eigenvalue weighted by Gasteiger charge is -2.30. The van der Waals surface area contributed by atoms with Crippen LogP contribution in [0.3, 0.4) is 0 Å². The molecule has 1 aliphatic rings. The first-order chi connectivity index (χ1) is 11.1. The van der Waals surface area contributed by atoms with Crippen LogP contribution < -0.4 is 5.73 Å². The maximum Gasteiger partial charge on any atom is 0.154 e. The Morgan fingerprint density at radius 2 is 1.52 bits per heavy atom. The lowest BCUT2D eigenvalue weighted by atomic mass is 9.81. The van der Waals surface area contributed by atoms with Crippen molar-refractivity contribution in [2.24, 2.45) is 23.5 Å². The lowest BCUT2D eigenvalue weighted by Crippen LogP contribution is -2.29. The molecule has 1 rings (SSSR count). The fourth-order valence-electron chi connectivity index (χ4n) is 4.06. The summed E-state index contributed by atoms with van der Waals surface area (Å²) in [5, 5.41) is 10.1. The Kier molecular flexibility index (Phi) is 11.2. The normalized spacial score (nSPS) is 26.9. The Morgan fingerprint density at radius 3 is 1.96 bits per heavy atom. The van der Waals surface area contributed by atoms with Gasteiger partial charge in [-0.1, -0.05) is 59.3 Å². The second kappa shape index (κ2) is 12.3. The zero-order valence-electron chi connectivity index (χ0n) is 15.8. The molecule has 1 aliphatic carbocycles. The third kappa shape index (κ3) is 8.51. The highest BCUT2D eigenvalue weighted by Crippen LogP contribution is 2.31. The fourth-order valence-corrected chi connectivity index (χ4v) is 4.06. The SMILES string of the molecule is CCC(OC(O)CCCN)C1CCCCC(C(C)C)CCCC1. The highest BCUT2D eigenvalue weighted by molar-refractivity contribution is 4.74. The second-order valence-corrected chi connectivity index (χ2v) is 7.80. The van der Waals surface area contributed by atoms with Gasteiger partial charge >= 0.3 is 0 Å². The van der Waals surface area contributed by atoms with E-state index in [1.165, 1.54) is 51.4 Å². The summed E-state index contributed by atoms with van der Waals surface area (Å²) in [6.45, 7) is 7.57. The Bertz CT molecular complexity index is 271. The van der Waals surface area contributed by atoms with Crippen molar-refractivity contribution in [2.75, 3.05) is 6.54 Å². The van der Waals surface area contributed by atoms with Crippen LogP contribution in [-0.4, -0.2) is 24.0 Å². The molecule has 2 unspecified atom stereocenters. The molecule has 1 saturated carbocycles. The van der Waals surface area contributed by atoms with E-state index >= 15 is 0 Å². The largest absolute Gasteiger partial charge is 0.368 e. The summed E-state index contributed by atoms with van der Waals surface area (Å²) in [7, 11) is 0. The molecule has 3 nitrogen and oxygen atoms in total. The van der Waals surface area contributed by atoms with Crippen LogP contribution in [0.4, 0.5) is 0 Å². The van der Waals surface area contributed by atoms with Gasteiger partial charge in [0.05, 0.1) is 6.10 Å². The molecule has 0 aliphatic heterocycles. The van der Waals surface area contributed by atoms with Crippen molar-refractivity contribution >= 4 is 0 Å². The Hall–Kier alpha value is -0.120. The molecular weight excluding hydrogens is 286 g/mol. The summed E-state index contributed by atoms with van der Waals surface area (Å²) < 4.78 is 5.97. The standard InChI is InChI=1S/C20H41NO2/c1-4-19(23-20(22)14-9-15-21)18-12-7-5-10-17(16(2)3)11-6-8-13-18/h16-20,22H,4-15,21H2,1-3H3. The van der Waals surface area contributed by atoms with Gasteiger partial charge in [-0.25, -0.2) is 0 Å². The molecule has 0 heterocycles. The van der Waals surface area contributed by atoms with Gasteiger partial charge in [0.25, 0.3) is 0 Å². The minimum absolute atomic E-state index is 0.211. The van der Waals surface area contributed by atoms with Crippen LogP contribution in [0.2, 0.25) is 0 Å². The van der Waals surface area contributed by atoms with Crippen molar-refractivity contribution < 1.29 is 9.84 Å². The number of rotatable bonds is 8. The minimum atomic E-state index is -0.635. The van der Waals surface area contributed by atoms with E-state index in [4.69, 9.17) is 10.5 Å². The Labute approximate surface area is 144 Å². The van der Waals surface area contributed by atoms with Crippen molar-refractivity contribution in [1.29, 1.82) is 0 Å². The van der Waals surface area contributed by atoms with Gasteiger partial charge in [-0.05, 0) is 56.4 Å². The van der Waals surface area contributed by atoms with Gasteiger partial charge in [-0.3, -0.25) is 0 Å². The van der Waals surface area contributed by atoms with Crippen LogP contribution in [0, 0.1) is 17.8 Å². The smallest absolute Gasteiger partial charge is 0.154 e. The summed E-state index contributed by atoms with van der Waals surface area (Å²) >= 11 is 0. The average Bonchev–Trinajstić information content (AvgIpc) is 2.55. The van der Waals surface area contributed by atoms with E-state index in [0.29, 0.717) is 18.9 Å². The van der Waals surface area contributed by atoms with Crippen LogP contribution in [0.1, 0.15) is 91.4 Å². The van der Waals surface area contributed by atoms with Crippen LogP contribution in [0.25, 0.3) is 0 Å². The molecule has 0 aromatic carbocycles. The molecule has 138 valence electrons. The van der Waals surface area contributed by atoms with Gasteiger partial charge in [0, 0.05) is 0 Å². The van der Waals surface area contributed by atoms with E-state index in [2.05, 4.69) is 20.8 Å². The maximum absolute atomic E-state index is 10.1. The summed E-state index contributed by atoms with van der Waals surface area (Å²) in [5.74, 6) is 2.36. The molecule has 0 saturated heterocycles. The van der Waals surface area contributed by atoms with E-state index in [1.54, 1.807) is 0 Å². The van der Waals surface area contributed by atoms with Crippen molar-refractivity contribution in [3.8, 4) is 0 Å². The number of aliphatic hydroxyl groups excluding tert-OH is 1. The van der Waals surface area contributed by atoms with Gasteiger partial charge in [0.1, 0.15) is 0 Å². The number of aliphatic hydroxyl groups is 1. The number of hydrogen-bond donors (Lipinski definition) is 2. The monoisotopic (exact) mass is 327 g/mol. The van der Waals surface area contributed by atoms with E-state index in [1.807, 2.05) is 0 Å². The fraction of sp³-hybridized carbons (Fsp3) is 1.00. The molecule has 0 bridgehead atoms. The van der Waals surface area contributed by atoms with Crippen molar-refractivity contribution in [1.82, 2.24) is 0 Å². The van der Waals surface area contributed by atoms with Crippen molar-refractivity contribution in [3.05, 3.63) is 0 Å². The quantitative estimate of drug-likeness (QED) is 0.626. The third-order valence-electron chi connectivity index (χ3n) is 5.66. The summed E-state index contributed by atoms with van der Waals surface area (Å²) in [6.07, 6.45) is 12.7. The first-order valence-electron chi connectivity index (χ1n) is 10.1. The molecule has 23 heavy (non-hydrogen) atoms. The topological polar surface area (TPSA) is 55.5 Å². The van der Waals surface area contributed by atoms with Crippen molar-refractivity contribution in [3.63, 3.8) is 0 Å². The molecule has 3 heteroatoms. The molecule has 0 amide bonds. The molecule has 0 aromatic rings. The number of ether oxygens (including phenoxy) is 1. The van der Waals surface area contributed by atoms with E-state index < -0.39 is 6.29 Å². The predicted octanol–water partition coefficient (Wildman–Crippen LogP) is 4.86.